The van der Waals surface area contributed by atoms with Gasteiger partial charge < -0.3 is 9.47 Å². The van der Waals surface area contributed by atoms with E-state index in [2.05, 4.69) is 20.7 Å². The molecule has 0 amide bonds. The molecule has 1 N–H and O–H groups in total. The van der Waals surface area contributed by atoms with Crippen LogP contribution in [0.5, 0.6) is 11.5 Å². The van der Waals surface area contributed by atoms with E-state index in [1.165, 1.54) is 0 Å². The van der Waals surface area contributed by atoms with Crippen LogP contribution in [0.1, 0.15) is 11.1 Å². The quantitative estimate of drug-likeness (QED) is 0.325. The van der Waals surface area contributed by atoms with E-state index in [1.54, 1.807) is 19.5 Å². The van der Waals surface area contributed by atoms with Crippen molar-refractivity contribution >= 4 is 34.4 Å². The van der Waals surface area contributed by atoms with Gasteiger partial charge in [-0.2, -0.15) is 10.2 Å². The van der Waals surface area contributed by atoms with Crippen molar-refractivity contribution in [1.82, 2.24) is 10.2 Å². The Balaban J connectivity index is 1.46. The van der Waals surface area contributed by atoms with Gasteiger partial charge in [0.15, 0.2) is 17.3 Å². The summed E-state index contributed by atoms with van der Waals surface area (Å²) in [5, 5.41) is 15.0. The minimum atomic E-state index is 0.352. The molecule has 0 bridgehead atoms. The highest BCUT2D eigenvalue weighted by Gasteiger charge is 2.07. The van der Waals surface area contributed by atoms with Crippen LogP contribution in [0.2, 0.25) is 5.02 Å². The molecule has 0 radical (unpaired) electrons. The van der Waals surface area contributed by atoms with Crippen molar-refractivity contribution < 1.29 is 9.47 Å². The Kier molecular flexibility index (Phi) is 6.06. The molecule has 0 saturated heterocycles. The topological polar surface area (TPSA) is 68.6 Å². The first-order valence-electron chi connectivity index (χ1n) is 9.28. The molecule has 0 unspecified atom stereocenters. The molecule has 0 aliphatic carbocycles. The monoisotopic (exact) mass is 418 g/mol. The van der Waals surface area contributed by atoms with E-state index < -0.39 is 0 Å². The number of benzene rings is 3. The molecule has 30 heavy (non-hydrogen) atoms. The third-order valence-electron chi connectivity index (χ3n) is 4.48. The Hall–Kier alpha value is -3.64. The van der Waals surface area contributed by atoms with Gasteiger partial charge in [-0.15, -0.1) is 5.10 Å². The summed E-state index contributed by atoms with van der Waals surface area (Å²) in [7, 11) is 1.60. The van der Waals surface area contributed by atoms with Crippen LogP contribution in [0, 0.1) is 0 Å². The van der Waals surface area contributed by atoms with Crippen molar-refractivity contribution in [2.75, 3.05) is 12.5 Å². The number of ether oxygens (including phenoxy) is 2. The van der Waals surface area contributed by atoms with Crippen LogP contribution < -0.4 is 14.9 Å². The molecule has 0 aliphatic heterocycles. The molecule has 7 heteroatoms. The molecule has 6 nitrogen and oxygen atoms in total. The van der Waals surface area contributed by atoms with Gasteiger partial charge in [-0.05, 0) is 29.8 Å². The Morgan fingerprint density at radius 2 is 1.87 bits per heavy atom. The average Bonchev–Trinajstić information content (AvgIpc) is 2.79. The lowest BCUT2D eigenvalue weighted by molar-refractivity contribution is 0.284. The summed E-state index contributed by atoms with van der Waals surface area (Å²) in [4.78, 5) is 0. The fourth-order valence-electron chi connectivity index (χ4n) is 2.93. The highest BCUT2D eigenvalue weighted by Crippen LogP contribution is 2.29. The lowest BCUT2D eigenvalue weighted by atomic mass is 10.2. The van der Waals surface area contributed by atoms with Crippen molar-refractivity contribution in [2.45, 2.75) is 6.61 Å². The van der Waals surface area contributed by atoms with Crippen molar-refractivity contribution in [3.05, 3.63) is 89.1 Å². The molecule has 0 saturated carbocycles. The second-order valence-corrected chi connectivity index (χ2v) is 6.85. The fraction of sp³-hybridized carbons (Fsp3) is 0.0870. The summed E-state index contributed by atoms with van der Waals surface area (Å²) in [5.74, 6) is 1.83. The van der Waals surface area contributed by atoms with Gasteiger partial charge in [0.2, 0.25) is 0 Å². The first kappa shape index (κ1) is 19.7. The van der Waals surface area contributed by atoms with Crippen LogP contribution in [0.4, 0.5) is 5.82 Å². The summed E-state index contributed by atoms with van der Waals surface area (Å²) in [6, 6.07) is 21.0. The first-order chi connectivity index (χ1) is 14.7. The molecule has 4 rings (SSSR count). The van der Waals surface area contributed by atoms with E-state index in [1.807, 2.05) is 66.7 Å². The lowest BCUT2D eigenvalue weighted by Gasteiger charge is -2.12. The highest BCUT2D eigenvalue weighted by atomic mass is 35.5. The second kappa shape index (κ2) is 9.24. The lowest BCUT2D eigenvalue weighted by Crippen LogP contribution is -1.99. The maximum Gasteiger partial charge on any atom is 0.176 e. The Morgan fingerprint density at radius 3 is 2.73 bits per heavy atom. The van der Waals surface area contributed by atoms with Crippen molar-refractivity contribution in [3.8, 4) is 11.5 Å². The number of aromatic nitrogens is 2. The molecular formula is C23H19ClN4O2. The fourth-order valence-corrected chi connectivity index (χ4v) is 3.12. The second-order valence-electron chi connectivity index (χ2n) is 6.44. The van der Waals surface area contributed by atoms with Crippen molar-refractivity contribution in [1.29, 1.82) is 0 Å². The summed E-state index contributed by atoms with van der Waals surface area (Å²) in [5.41, 5.74) is 4.70. The maximum atomic E-state index is 6.19. The minimum Gasteiger partial charge on any atom is -0.493 e. The zero-order valence-corrected chi connectivity index (χ0v) is 17.0. The normalized spacial score (nSPS) is 11.0. The molecule has 4 aromatic rings. The van der Waals surface area contributed by atoms with Gasteiger partial charge in [0.05, 0.1) is 19.5 Å². The number of hydrogen-bond acceptors (Lipinski definition) is 6. The van der Waals surface area contributed by atoms with Gasteiger partial charge in [-0.3, -0.25) is 5.43 Å². The van der Waals surface area contributed by atoms with Crippen LogP contribution in [0.25, 0.3) is 10.8 Å². The molecule has 1 aromatic heterocycles. The van der Waals surface area contributed by atoms with E-state index in [4.69, 9.17) is 21.1 Å². The Labute approximate surface area is 179 Å². The predicted octanol–water partition coefficient (Wildman–Crippen LogP) is 5.32. The van der Waals surface area contributed by atoms with Crippen LogP contribution >= 0.6 is 11.6 Å². The molecule has 0 atom stereocenters. The van der Waals surface area contributed by atoms with Crippen LogP contribution in [0.3, 0.4) is 0 Å². The molecule has 150 valence electrons. The van der Waals surface area contributed by atoms with Crippen LogP contribution in [-0.2, 0) is 6.61 Å². The number of nitrogens with zero attached hydrogens (tertiary/aromatic N) is 3. The van der Waals surface area contributed by atoms with E-state index in [0.29, 0.717) is 28.9 Å². The minimum absolute atomic E-state index is 0.352. The van der Waals surface area contributed by atoms with Gasteiger partial charge in [0, 0.05) is 21.4 Å². The number of hydrogen-bond donors (Lipinski definition) is 1. The zero-order chi connectivity index (χ0) is 20.8. The largest absolute Gasteiger partial charge is 0.493 e. The highest BCUT2D eigenvalue weighted by molar-refractivity contribution is 6.31. The summed E-state index contributed by atoms with van der Waals surface area (Å²) in [6.07, 6.45) is 3.40. The van der Waals surface area contributed by atoms with Gasteiger partial charge >= 0.3 is 0 Å². The first-order valence-corrected chi connectivity index (χ1v) is 9.66. The van der Waals surface area contributed by atoms with Gasteiger partial charge in [0.25, 0.3) is 0 Å². The molecule has 0 aliphatic rings. The van der Waals surface area contributed by atoms with Crippen molar-refractivity contribution in [2.24, 2.45) is 5.10 Å². The molecule has 3 aromatic carbocycles. The maximum absolute atomic E-state index is 6.19. The number of anilines is 1. The number of halogens is 1. The van der Waals surface area contributed by atoms with E-state index in [-0.39, 0.29) is 0 Å². The van der Waals surface area contributed by atoms with Crippen LogP contribution in [0.15, 0.2) is 78.0 Å². The summed E-state index contributed by atoms with van der Waals surface area (Å²) >= 11 is 6.19. The molecule has 0 spiro atoms. The number of rotatable bonds is 7. The summed E-state index contributed by atoms with van der Waals surface area (Å²) < 4.78 is 11.3. The van der Waals surface area contributed by atoms with Crippen molar-refractivity contribution in [3.63, 3.8) is 0 Å². The predicted molar refractivity (Wildman–Crippen MR) is 120 cm³/mol. The standard InChI is InChI=1S/C23H19ClN4O2/c1-29-22-12-16(10-11-21(22)30-15-18-7-3-5-9-20(18)24)13-25-27-23-19-8-4-2-6-17(19)14-26-28-23/h2-14H,15H2,1H3,(H,27,28)/b25-13-. The SMILES string of the molecule is COc1cc(/C=N\Nc2nncc3ccccc23)ccc1OCc1ccccc1Cl. The van der Waals surface area contributed by atoms with Gasteiger partial charge in [0.1, 0.15) is 6.61 Å². The smallest absolute Gasteiger partial charge is 0.176 e. The number of nitrogens with one attached hydrogen (secondary N) is 1. The Morgan fingerprint density at radius 1 is 1.03 bits per heavy atom. The number of hydrazone groups is 1. The van der Waals surface area contributed by atoms with E-state index >= 15 is 0 Å². The Bertz CT molecular complexity index is 1190. The molecule has 0 fully saturated rings. The van der Waals surface area contributed by atoms with E-state index in [9.17, 15) is 0 Å². The summed E-state index contributed by atoms with van der Waals surface area (Å²) in [6.45, 7) is 0.352. The van der Waals surface area contributed by atoms with E-state index in [0.717, 1.165) is 21.9 Å². The number of fused-ring (bicyclic) bond motifs is 1. The number of methoxy groups -OCH3 is 1. The van der Waals surface area contributed by atoms with Gasteiger partial charge in [-0.25, -0.2) is 0 Å². The average molecular weight is 419 g/mol. The third-order valence-corrected chi connectivity index (χ3v) is 4.85. The molecule has 1 heterocycles. The van der Waals surface area contributed by atoms with Crippen LogP contribution in [-0.4, -0.2) is 23.5 Å². The molecular weight excluding hydrogens is 400 g/mol. The van der Waals surface area contributed by atoms with Gasteiger partial charge in [-0.1, -0.05) is 54.1 Å². The zero-order valence-electron chi connectivity index (χ0n) is 16.2. The third kappa shape index (κ3) is 4.50.